The molecule has 1 aromatic carbocycles. The first-order chi connectivity index (χ1) is 8.19. The Labute approximate surface area is 112 Å². The number of hydrogen-bond acceptors (Lipinski definition) is 2. The van der Waals surface area contributed by atoms with Crippen LogP contribution < -0.4 is 10.2 Å². The Morgan fingerprint density at radius 1 is 1.35 bits per heavy atom. The van der Waals surface area contributed by atoms with E-state index >= 15 is 0 Å². The Bertz CT molecular complexity index is 414. The summed E-state index contributed by atoms with van der Waals surface area (Å²) in [6.07, 6.45) is 2.77. The zero-order chi connectivity index (χ0) is 11.9. The Balaban J connectivity index is 1.88. The highest BCUT2D eigenvalue weighted by atomic mass is 79.9. The van der Waals surface area contributed by atoms with Crippen molar-refractivity contribution in [2.75, 3.05) is 24.5 Å². The molecule has 92 valence electrons. The van der Waals surface area contributed by atoms with E-state index in [1.165, 1.54) is 36.1 Å². The molecule has 1 spiro atoms. The first kappa shape index (κ1) is 11.5. The first-order valence-corrected chi connectivity index (χ1v) is 7.21. The van der Waals surface area contributed by atoms with E-state index in [1.807, 2.05) is 0 Å². The summed E-state index contributed by atoms with van der Waals surface area (Å²) in [5, 5.41) is 3.66. The van der Waals surface area contributed by atoms with Crippen molar-refractivity contribution in [1.82, 2.24) is 5.32 Å². The highest BCUT2D eigenvalue weighted by molar-refractivity contribution is 9.10. The summed E-state index contributed by atoms with van der Waals surface area (Å²) in [5.74, 6) is 0. The third kappa shape index (κ3) is 2.36. The predicted octanol–water partition coefficient (Wildman–Crippen LogP) is 3.03. The van der Waals surface area contributed by atoms with Gasteiger partial charge in [0, 0.05) is 35.6 Å². The van der Waals surface area contributed by atoms with Gasteiger partial charge in [0.25, 0.3) is 0 Å². The van der Waals surface area contributed by atoms with Crippen LogP contribution in [0.3, 0.4) is 0 Å². The maximum absolute atomic E-state index is 3.67. The molecule has 0 aromatic heterocycles. The van der Waals surface area contributed by atoms with E-state index in [2.05, 4.69) is 57.3 Å². The monoisotopic (exact) mass is 294 g/mol. The molecule has 0 amide bonds. The van der Waals surface area contributed by atoms with Crippen molar-refractivity contribution in [3.63, 3.8) is 0 Å². The average molecular weight is 295 g/mol. The summed E-state index contributed by atoms with van der Waals surface area (Å²) in [6, 6.07) is 9.14. The average Bonchev–Trinajstić information content (AvgIpc) is 3.09. The second-order valence-electron chi connectivity index (χ2n) is 5.61. The maximum Gasteiger partial charge on any atom is 0.0511 e. The quantitative estimate of drug-likeness (QED) is 0.856. The summed E-state index contributed by atoms with van der Waals surface area (Å²) in [6.45, 7) is 5.78. The van der Waals surface area contributed by atoms with Crippen LogP contribution >= 0.6 is 15.9 Å². The van der Waals surface area contributed by atoms with Crippen LogP contribution in [0.2, 0.25) is 0 Å². The van der Waals surface area contributed by atoms with Gasteiger partial charge in [0.1, 0.15) is 0 Å². The minimum absolute atomic E-state index is 0.556. The number of benzene rings is 1. The van der Waals surface area contributed by atoms with Gasteiger partial charge in [-0.2, -0.15) is 0 Å². The molecule has 1 saturated carbocycles. The van der Waals surface area contributed by atoms with Crippen molar-refractivity contribution in [1.29, 1.82) is 0 Å². The predicted molar refractivity (Wildman–Crippen MR) is 75.5 cm³/mol. The van der Waals surface area contributed by atoms with Crippen molar-refractivity contribution in [2.24, 2.45) is 5.41 Å². The van der Waals surface area contributed by atoms with E-state index in [0.29, 0.717) is 11.5 Å². The van der Waals surface area contributed by atoms with E-state index in [-0.39, 0.29) is 0 Å². The van der Waals surface area contributed by atoms with Gasteiger partial charge in [0.2, 0.25) is 0 Å². The van der Waals surface area contributed by atoms with E-state index < -0.39 is 0 Å². The molecule has 1 N–H and O–H groups in total. The van der Waals surface area contributed by atoms with E-state index in [4.69, 9.17) is 0 Å². The number of hydrogen-bond donors (Lipinski definition) is 1. The molecule has 1 aromatic rings. The summed E-state index contributed by atoms with van der Waals surface area (Å²) in [7, 11) is 0. The molecule has 3 heteroatoms. The molecule has 17 heavy (non-hydrogen) atoms. The zero-order valence-corrected chi connectivity index (χ0v) is 11.8. The lowest BCUT2D eigenvalue weighted by molar-refractivity contribution is 0.479. The van der Waals surface area contributed by atoms with Crippen LogP contribution in [0, 0.1) is 5.41 Å². The molecule has 0 radical (unpaired) electrons. The Kier molecular flexibility index (Phi) is 2.91. The number of para-hydroxylation sites is 1. The van der Waals surface area contributed by atoms with Crippen LogP contribution in [-0.4, -0.2) is 25.7 Å². The number of rotatable bonds is 1. The van der Waals surface area contributed by atoms with Gasteiger partial charge in [-0.3, -0.25) is 0 Å². The molecular formula is C14H19BrN2. The summed E-state index contributed by atoms with van der Waals surface area (Å²) in [5.41, 5.74) is 1.90. The van der Waals surface area contributed by atoms with Crippen LogP contribution in [0.4, 0.5) is 5.69 Å². The number of nitrogens with zero attached hydrogens (tertiary/aromatic N) is 1. The smallest absolute Gasteiger partial charge is 0.0511 e. The first-order valence-electron chi connectivity index (χ1n) is 6.41. The molecule has 2 fully saturated rings. The number of anilines is 1. The van der Waals surface area contributed by atoms with Crippen LogP contribution in [0.15, 0.2) is 28.7 Å². The van der Waals surface area contributed by atoms with Crippen LogP contribution in [0.1, 0.15) is 19.8 Å². The molecule has 1 saturated heterocycles. The maximum atomic E-state index is 3.67. The fraction of sp³-hybridized carbons (Fsp3) is 0.571. The summed E-state index contributed by atoms with van der Waals surface area (Å²) >= 11 is 3.67. The molecule has 1 aliphatic heterocycles. The lowest BCUT2D eigenvalue weighted by Gasteiger charge is -2.28. The van der Waals surface area contributed by atoms with Crippen LogP contribution in [0.5, 0.6) is 0 Å². The van der Waals surface area contributed by atoms with Gasteiger partial charge in [-0.15, -0.1) is 0 Å². The van der Waals surface area contributed by atoms with Gasteiger partial charge in [0.15, 0.2) is 0 Å². The third-order valence-corrected chi connectivity index (χ3v) is 4.67. The molecular weight excluding hydrogens is 276 g/mol. The second-order valence-corrected chi connectivity index (χ2v) is 6.47. The summed E-state index contributed by atoms with van der Waals surface area (Å²) < 4.78 is 1.21. The van der Waals surface area contributed by atoms with Crippen molar-refractivity contribution < 1.29 is 0 Å². The molecule has 1 heterocycles. The van der Waals surface area contributed by atoms with Crippen molar-refractivity contribution in [2.45, 2.75) is 25.8 Å². The molecule has 1 atom stereocenters. The van der Waals surface area contributed by atoms with Gasteiger partial charge in [-0.1, -0.05) is 12.1 Å². The molecule has 1 unspecified atom stereocenters. The largest absolute Gasteiger partial charge is 0.368 e. The second kappa shape index (κ2) is 4.29. The van der Waals surface area contributed by atoms with Gasteiger partial charge in [-0.05, 0) is 47.8 Å². The van der Waals surface area contributed by atoms with Crippen LogP contribution in [-0.2, 0) is 0 Å². The highest BCUT2D eigenvalue weighted by Crippen LogP contribution is 2.47. The van der Waals surface area contributed by atoms with Crippen molar-refractivity contribution in [3.8, 4) is 0 Å². The lowest BCUT2D eigenvalue weighted by Crippen LogP contribution is -2.35. The number of nitrogens with one attached hydrogen (secondary N) is 1. The summed E-state index contributed by atoms with van der Waals surface area (Å²) in [4.78, 5) is 2.54. The van der Waals surface area contributed by atoms with E-state index in [9.17, 15) is 0 Å². The van der Waals surface area contributed by atoms with Gasteiger partial charge < -0.3 is 10.2 Å². The fourth-order valence-electron chi connectivity index (χ4n) is 2.71. The molecule has 2 nitrogen and oxygen atoms in total. The standard InChI is InChI=1S/C14H19BrN2/c1-11-8-17(10-14(6-7-14)9-16-11)13-5-3-2-4-12(13)15/h2-5,11,16H,6-10H2,1H3. The Morgan fingerprint density at radius 3 is 2.82 bits per heavy atom. The minimum Gasteiger partial charge on any atom is -0.368 e. The molecule has 2 aliphatic rings. The Morgan fingerprint density at radius 2 is 2.12 bits per heavy atom. The topological polar surface area (TPSA) is 15.3 Å². The van der Waals surface area contributed by atoms with Crippen molar-refractivity contribution >= 4 is 21.6 Å². The SMILES string of the molecule is CC1CN(c2ccccc2Br)CC2(CC2)CN1. The van der Waals surface area contributed by atoms with E-state index in [1.54, 1.807) is 0 Å². The molecule has 0 bridgehead atoms. The van der Waals surface area contributed by atoms with Crippen molar-refractivity contribution in [3.05, 3.63) is 28.7 Å². The zero-order valence-electron chi connectivity index (χ0n) is 10.2. The molecule has 1 aliphatic carbocycles. The minimum atomic E-state index is 0.556. The molecule has 3 rings (SSSR count). The van der Waals surface area contributed by atoms with Gasteiger partial charge in [-0.25, -0.2) is 0 Å². The van der Waals surface area contributed by atoms with Gasteiger partial charge >= 0.3 is 0 Å². The highest BCUT2D eigenvalue weighted by Gasteiger charge is 2.45. The Hall–Kier alpha value is -0.540. The van der Waals surface area contributed by atoms with Gasteiger partial charge in [0.05, 0.1) is 5.69 Å². The third-order valence-electron chi connectivity index (χ3n) is 4.00. The lowest BCUT2D eigenvalue weighted by atomic mass is 10.1. The van der Waals surface area contributed by atoms with E-state index in [0.717, 1.165) is 6.54 Å². The normalized spacial score (nSPS) is 26.9. The van der Waals surface area contributed by atoms with Crippen LogP contribution in [0.25, 0.3) is 0 Å². The fourth-order valence-corrected chi connectivity index (χ4v) is 3.25. The number of halogens is 1.